The lowest BCUT2D eigenvalue weighted by Gasteiger charge is -2.34. The summed E-state index contributed by atoms with van der Waals surface area (Å²) in [6, 6.07) is 8.00. The Morgan fingerprint density at radius 2 is 2.21 bits per heavy atom. The third-order valence-electron chi connectivity index (χ3n) is 5.45. The molecule has 5 nitrogen and oxygen atoms in total. The summed E-state index contributed by atoms with van der Waals surface area (Å²) in [6.07, 6.45) is 8.12. The molecule has 1 atom stereocenters. The van der Waals surface area contributed by atoms with Crippen molar-refractivity contribution >= 4 is 0 Å². The van der Waals surface area contributed by atoms with Crippen molar-refractivity contribution in [3.8, 4) is 11.4 Å². The second-order valence-electron chi connectivity index (χ2n) is 7.21. The number of para-hydroxylation sites is 2. The molecule has 4 rings (SSSR count). The van der Waals surface area contributed by atoms with Crippen LogP contribution >= 0.6 is 0 Å². The summed E-state index contributed by atoms with van der Waals surface area (Å²) in [4.78, 5) is 2.58. The van der Waals surface area contributed by atoms with Crippen molar-refractivity contribution in [1.82, 2.24) is 20.0 Å². The predicted molar refractivity (Wildman–Crippen MR) is 94.5 cm³/mol. The highest BCUT2D eigenvalue weighted by atomic mass is 16.5. The predicted octanol–water partition coefficient (Wildman–Crippen LogP) is 2.46. The molecular formula is C19H26N4O. The number of aromatic nitrogens is 2. The zero-order chi connectivity index (χ0) is 16.4. The van der Waals surface area contributed by atoms with E-state index in [2.05, 4.69) is 21.5 Å². The van der Waals surface area contributed by atoms with E-state index in [1.807, 2.05) is 35.1 Å². The average Bonchev–Trinajstić information content (AvgIpc) is 3.23. The van der Waals surface area contributed by atoms with E-state index >= 15 is 0 Å². The number of likely N-dealkylation sites (tertiary alicyclic amines) is 1. The van der Waals surface area contributed by atoms with Gasteiger partial charge < -0.3 is 10.1 Å². The monoisotopic (exact) mass is 326 g/mol. The van der Waals surface area contributed by atoms with E-state index in [9.17, 15) is 0 Å². The first-order valence-electron chi connectivity index (χ1n) is 8.88. The molecule has 2 saturated heterocycles. The third-order valence-corrected chi connectivity index (χ3v) is 5.45. The molecular weight excluding hydrogens is 300 g/mol. The Bertz CT molecular complexity index is 690. The van der Waals surface area contributed by atoms with Crippen LogP contribution in [0.5, 0.6) is 5.75 Å². The van der Waals surface area contributed by atoms with Crippen molar-refractivity contribution in [3.63, 3.8) is 0 Å². The van der Waals surface area contributed by atoms with Crippen LogP contribution in [0.2, 0.25) is 0 Å². The molecule has 5 heteroatoms. The SMILES string of the molecule is COc1ccccc1-n1cc(CN2CCC3(CCCNC3)C2)cn1. The van der Waals surface area contributed by atoms with Gasteiger partial charge in [0.2, 0.25) is 0 Å². The second kappa shape index (κ2) is 6.57. The van der Waals surface area contributed by atoms with Gasteiger partial charge in [-0.3, -0.25) is 4.90 Å². The van der Waals surface area contributed by atoms with Gasteiger partial charge in [-0.2, -0.15) is 5.10 Å². The molecule has 24 heavy (non-hydrogen) atoms. The Morgan fingerprint density at radius 3 is 3.04 bits per heavy atom. The van der Waals surface area contributed by atoms with E-state index in [1.54, 1.807) is 7.11 Å². The lowest BCUT2D eigenvalue weighted by atomic mass is 9.80. The van der Waals surface area contributed by atoms with Gasteiger partial charge >= 0.3 is 0 Å². The minimum atomic E-state index is 0.511. The van der Waals surface area contributed by atoms with E-state index in [1.165, 1.54) is 51.0 Å². The smallest absolute Gasteiger partial charge is 0.144 e. The van der Waals surface area contributed by atoms with Crippen LogP contribution in [0.15, 0.2) is 36.7 Å². The van der Waals surface area contributed by atoms with Crippen LogP contribution < -0.4 is 10.1 Å². The maximum absolute atomic E-state index is 5.44. The lowest BCUT2D eigenvalue weighted by molar-refractivity contribution is 0.199. The first-order valence-corrected chi connectivity index (χ1v) is 8.88. The van der Waals surface area contributed by atoms with Crippen LogP contribution in [0.1, 0.15) is 24.8 Å². The van der Waals surface area contributed by atoms with Crippen molar-refractivity contribution < 1.29 is 4.74 Å². The van der Waals surface area contributed by atoms with E-state index < -0.39 is 0 Å². The Hall–Kier alpha value is -1.85. The molecule has 3 heterocycles. The van der Waals surface area contributed by atoms with Crippen LogP contribution in [0.25, 0.3) is 5.69 Å². The summed E-state index contributed by atoms with van der Waals surface area (Å²) in [7, 11) is 1.70. The van der Waals surface area contributed by atoms with E-state index in [0.717, 1.165) is 18.0 Å². The minimum absolute atomic E-state index is 0.511. The molecule has 0 aliphatic carbocycles. The minimum Gasteiger partial charge on any atom is -0.494 e. The standard InChI is InChI=1S/C19H26N4O/c1-24-18-6-3-2-5-17(18)23-13-16(11-21-23)12-22-10-8-19(15-22)7-4-9-20-14-19/h2-3,5-6,11,13,20H,4,7-10,12,14-15H2,1H3. The molecule has 2 aliphatic rings. The van der Waals surface area contributed by atoms with Crippen molar-refractivity contribution in [3.05, 3.63) is 42.2 Å². The molecule has 2 aromatic rings. The van der Waals surface area contributed by atoms with E-state index in [4.69, 9.17) is 4.74 Å². The van der Waals surface area contributed by atoms with Gasteiger partial charge in [-0.25, -0.2) is 4.68 Å². The number of nitrogens with one attached hydrogen (secondary N) is 1. The fraction of sp³-hybridized carbons (Fsp3) is 0.526. The van der Waals surface area contributed by atoms with Crippen LogP contribution in [0.4, 0.5) is 0 Å². The number of rotatable bonds is 4. The largest absolute Gasteiger partial charge is 0.494 e. The third kappa shape index (κ3) is 3.06. The number of ether oxygens (including phenoxy) is 1. The maximum atomic E-state index is 5.44. The van der Waals surface area contributed by atoms with Crippen molar-refractivity contribution in [2.24, 2.45) is 5.41 Å². The topological polar surface area (TPSA) is 42.3 Å². The molecule has 0 bridgehead atoms. The van der Waals surface area contributed by atoms with Crippen LogP contribution in [-0.4, -0.2) is 48.0 Å². The molecule has 0 radical (unpaired) electrons. The van der Waals surface area contributed by atoms with Gasteiger partial charge in [0.15, 0.2) is 0 Å². The van der Waals surface area contributed by atoms with Crippen molar-refractivity contribution in [2.45, 2.75) is 25.8 Å². The summed E-state index contributed by atoms with van der Waals surface area (Å²) >= 11 is 0. The molecule has 1 unspecified atom stereocenters. The number of hydrogen-bond acceptors (Lipinski definition) is 4. The average molecular weight is 326 g/mol. The van der Waals surface area contributed by atoms with Gasteiger partial charge in [-0.1, -0.05) is 12.1 Å². The number of hydrogen-bond donors (Lipinski definition) is 1. The van der Waals surface area contributed by atoms with Crippen LogP contribution in [0, 0.1) is 5.41 Å². The summed E-state index contributed by atoms with van der Waals surface area (Å²) < 4.78 is 7.36. The van der Waals surface area contributed by atoms with Crippen molar-refractivity contribution in [2.75, 3.05) is 33.3 Å². The first kappa shape index (κ1) is 15.7. The zero-order valence-electron chi connectivity index (χ0n) is 14.4. The molecule has 128 valence electrons. The van der Waals surface area contributed by atoms with E-state index in [0.29, 0.717) is 5.41 Å². The molecule has 2 fully saturated rings. The molecule has 0 amide bonds. The van der Waals surface area contributed by atoms with Gasteiger partial charge in [-0.15, -0.1) is 0 Å². The molecule has 2 aliphatic heterocycles. The van der Waals surface area contributed by atoms with Gasteiger partial charge in [0.25, 0.3) is 0 Å². The normalized spacial score (nSPS) is 24.5. The number of benzene rings is 1. The van der Waals surface area contributed by atoms with E-state index in [-0.39, 0.29) is 0 Å². The molecule has 1 N–H and O–H groups in total. The molecule has 1 aromatic carbocycles. The van der Waals surface area contributed by atoms with Crippen molar-refractivity contribution in [1.29, 1.82) is 0 Å². The molecule has 1 spiro atoms. The fourth-order valence-electron chi connectivity index (χ4n) is 4.19. The second-order valence-corrected chi connectivity index (χ2v) is 7.21. The Kier molecular flexibility index (Phi) is 4.29. The maximum Gasteiger partial charge on any atom is 0.144 e. The van der Waals surface area contributed by atoms with Crippen LogP contribution in [-0.2, 0) is 6.54 Å². The lowest BCUT2D eigenvalue weighted by Crippen LogP contribution is -2.41. The first-order chi connectivity index (χ1) is 11.8. The zero-order valence-corrected chi connectivity index (χ0v) is 14.4. The Morgan fingerprint density at radius 1 is 1.29 bits per heavy atom. The quantitative estimate of drug-likeness (QED) is 0.937. The van der Waals surface area contributed by atoms with Gasteiger partial charge in [-0.05, 0) is 49.9 Å². The number of piperidine rings is 1. The number of methoxy groups -OCH3 is 1. The molecule has 0 saturated carbocycles. The summed E-state index contributed by atoms with van der Waals surface area (Å²) in [5, 5.41) is 8.12. The summed E-state index contributed by atoms with van der Waals surface area (Å²) in [6.45, 7) is 5.76. The molecule has 1 aromatic heterocycles. The highest BCUT2D eigenvalue weighted by Crippen LogP contribution is 2.37. The highest BCUT2D eigenvalue weighted by molar-refractivity contribution is 5.46. The Labute approximate surface area is 143 Å². The van der Waals surface area contributed by atoms with Gasteiger partial charge in [0.1, 0.15) is 11.4 Å². The summed E-state index contributed by atoms with van der Waals surface area (Å²) in [5.41, 5.74) is 2.76. The van der Waals surface area contributed by atoms with Gasteiger partial charge in [0.05, 0.1) is 13.3 Å². The summed E-state index contributed by atoms with van der Waals surface area (Å²) in [5.74, 6) is 0.848. The van der Waals surface area contributed by atoms with Crippen LogP contribution in [0.3, 0.4) is 0 Å². The fourth-order valence-corrected chi connectivity index (χ4v) is 4.19. The van der Waals surface area contributed by atoms with Gasteiger partial charge in [0, 0.05) is 31.4 Å². The Balaban J connectivity index is 1.44. The number of nitrogens with zero attached hydrogens (tertiary/aromatic N) is 3. The highest BCUT2D eigenvalue weighted by Gasteiger charge is 2.38.